The van der Waals surface area contributed by atoms with Gasteiger partial charge in [0.1, 0.15) is 5.56 Å². The quantitative estimate of drug-likeness (QED) is 0.521. The van der Waals surface area contributed by atoms with E-state index in [1.807, 2.05) is 6.07 Å². The van der Waals surface area contributed by atoms with E-state index in [9.17, 15) is 4.79 Å². The Balaban J connectivity index is 1.62. The van der Waals surface area contributed by atoms with Gasteiger partial charge in [0.15, 0.2) is 11.5 Å². The molecule has 148 valence electrons. The van der Waals surface area contributed by atoms with Crippen LogP contribution in [0.5, 0.6) is 0 Å². The Hall–Kier alpha value is -3.75. The van der Waals surface area contributed by atoms with Gasteiger partial charge in [0.2, 0.25) is 0 Å². The predicted molar refractivity (Wildman–Crippen MR) is 107 cm³/mol. The van der Waals surface area contributed by atoms with Crippen LogP contribution in [0.3, 0.4) is 0 Å². The van der Waals surface area contributed by atoms with Crippen molar-refractivity contribution in [2.24, 2.45) is 5.84 Å². The number of carbonyl (C=O) groups is 1. The second-order valence-corrected chi connectivity index (χ2v) is 6.70. The number of piperazine rings is 1. The van der Waals surface area contributed by atoms with Crippen molar-refractivity contribution in [2.75, 3.05) is 42.1 Å². The van der Waals surface area contributed by atoms with Crippen molar-refractivity contribution in [1.29, 1.82) is 5.26 Å². The first kappa shape index (κ1) is 18.6. The van der Waals surface area contributed by atoms with Crippen molar-refractivity contribution in [1.82, 2.24) is 24.6 Å². The molecule has 11 nitrogen and oxygen atoms in total. The Morgan fingerprint density at radius 1 is 1.28 bits per heavy atom. The fraction of sp³-hybridized carbons (Fsp3) is 0.278. The first-order valence-corrected chi connectivity index (χ1v) is 9.06. The summed E-state index contributed by atoms with van der Waals surface area (Å²) in [5.74, 6) is 5.47. The molecule has 5 N–H and O–H groups in total. The summed E-state index contributed by atoms with van der Waals surface area (Å²) >= 11 is 0. The van der Waals surface area contributed by atoms with Gasteiger partial charge in [-0.3, -0.25) is 15.6 Å². The highest BCUT2D eigenvalue weighted by atomic mass is 16.1. The van der Waals surface area contributed by atoms with Crippen molar-refractivity contribution >= 4 is 28.7 Å². The van der Waals surface area contributed by atoms with Crippen molar-refractivity contribution in [2.45, 2.75) is 6.42 Å². The molecule has 3 aromatic heterocycles. The molecule has 3 aromatic rings. The lowest BCUT2D eigenvalue weighted by molar-refractivity contribution is 0.102. The number of nitriles is 1. The zero-order valence-electron chi connectivity index (χ0n) is 15.6. The number of nitrogens with two attached hydrogens (primary N) is 2. The van der Waals surface area contributed by atoms with Crippen LogP contribution < -0.4 is 21.8 Å². The lowest BCUT2D eigenvalue weighted by atomic mass is 10.2. The molecule has 11 heteroatoms. The van der Waals surface area contributed by atoms with Crippen LogP contribution in [0, 0.1) is 11.3 Å². The standard InChI is InChI=1S/C18H20N10O/c19-3-1-12-9-23-17-15(16(20)25-28(17)11-12)18(29)24-13-10-22-4-2-14(13)26-5-7-27(21)8-6-26/h2,4,9-11H,1,5-8,21H2,(H2,20,25)(H,24,29). The number of hydrazine groups is 1. The molecule has 0 bridgehead atoms. The normalized spacial score (nSPS) is 14.7. The summed E-state index contributed by atoms with van der Waals surface area (Å²) in [6.45, 7) is 2.94. The van der Waals surface area contributed by atoms with Gasteiger partial charge >= 0.3 is 0 Å². The van der Waals surface area contributed by atoms with Crippen molar-refractivity contribution in [3.63, 3.8) is 0 Å². The second-order valence-electron chi connectivity index (χ2n) is 6.70. The molecular weight excluding hydrogens is 372 g/mol. The van der Waals surface area contributed by atoms with Crippen molar-refractivity contribution in [3.05, 3.63) is 42.0 Å². The van der Waals surface area contributed by atoms with Gasteiger partial charge < -0.3 is 16.0 Å². The molecule has 0 spiro atoms. The van der Waals surface area contributed by atoms with Crippen LogP contribution in [0.15, 0.2) is 30.9 Å². The van der Waals surface area contributed by atoms with E-state index in [1.54, 1.807) is 23.6 Å². The smallest absolute Gasteiger partial charge is 0.263 e. The molecule has 0 radical (unpaired) electrons. The van der Waals surface area contributed by atoms with Crippen LogP contribution in [0.1, 0.15) is 15.9 Å². The van der Waals surface area contributed by atoms with Crippen molar-refractivity contribution < 1.29 is 4.79 Å². The van der Waals surface area contributed by atoms with E-state index in [0.717, 1.165) is 31.9 Å². The number of anilines is 3. The summed E-state index contributed by atoms with van der Waals surface area (Å²) in [6, 6.07) is 3.91. The van der Waals surface area contributed by atoms with E-state index in [-0.39, 0.29) is 17.8 Å². The largest absolute Gasteiger partial charge is 0.381 e. The van der Waals surface area contributed by atoms with Gasteiger partial charge in [-0.1, -0.05) is 0 Å². The summed E-state index contributed by atoms with van der Waals surface area (Å²) in [5.41, 5.74) is 8.60. The van der Waals surface area contributed by atoms with Gasteiger partial charge in [0, 0.05) is 50.3 Å². The number of pyridine rings is 1. The first-order chi connectivity index (χ1) is 14.1. The lowest BCUT2D eigenvalue weighted by Gasteiger charge is -2.34. The number of aromatic nitrogens is 4. The maximum absolute atomic E-state index is 13.0. The SMILES string of the molecule is N#CCc1cnc2c(C(=O)Nc3cnccc3N3CCN(N)CC3)c(N)nn2c1. The molecule has 0 aromatic carbocycles. The number of hydrogen-bond acceptors (Lipinski definition) is 9. The predicted octanol–water partition coefficient (Wildman–Crippen LogP) is 0.0206. The molecule has 1 aliphatic rings. The molecule has 0 unspecified atom stereocenters. The van der Waals surface area contributed by atoms with Crippen LogP contribution in [-0.2, 0) is 6.42 Å². The number of fused-ring (bicyclic) bond motifs is 1. The molecule has 1 aliphatic heterocycles. The Bertz CT molecular complexity index is 1090. The van der Waals surface area contributed by atoms with E-state index < -0.39 is 5.91 Å². The summed E-state index contributed by atoms with van der Waals surface area (Å²) < 4.78 is 1.42. The number of nitrogens with zero attached hydrogens (tertiary/aromatic N) is 7. The monoisotopic (exact) mass is 392 g/mol. The van der Waals surface area contributed by atoms with Gasteiger partial charge in [0.05, 0.1) is 30.1 Å². The Morgan fingerprint density at radius 2 is 2.07 bits per heavy atom. The summed E-state index contributed by atoms with van der Waals surface area (Å²) in [4.78, 5) is 23.5. The molecule has 1 saturated heterocycles. The van der Waals surface area contributed by atoms with Gasteiger partial charge in [0.25, 0.3) is 5.91 Å². The molecule has 0 saturated carbocycles. The highest BCUT2D eigenvalue weighted by Gasteiger charge is 2.23. The first-order valence-electron chi connectivity index (χ1n) is 9.06. The summed E-state index contributed by atoms with van der Waals surface area (Å²) in [6.07, 6.45) is 6.66. The summed E-state index contributed by atoms with van der Waals surface area (Å²) in [5, 5.41) is 17.6. The van der Waals surface area contributed by atoms with Crippen LogP contribution in [0.25, 0.3) is 5.65 Å². The van der Waals surface area contributed by atoms with E-state index in [1.165, 1.54) is 10.7 Å². The number of hydrogen-bond donors (Lipinski definition) is 3. The molecule has 4 heterocycles. The fourth-order valence-corrected chi connectivity index (χ4v) is 3.30. The fourth-order valence-electron chi connectivity index (χ4n) is 3.30. The number of nitrogen functional groups attached to an aromatic ring is 1. The van der Waals surface area contributed by atoms with Crippen LogP contribution in [0.2, 0.25) is 0 Å². The Kier molecular flexibility index (Phi) is 4.94. The molecule has 4 rings (SSSR count). The maximum atomic E-state index is 13.0. The zero-order valence-corrected chi connectivity index (χ0v) is 15.6. The van der Waals surface area contributed by atoms with Gasteiger partial charge in [-0.25, -0.2) is 14.5 Å². The third kappa shape index (κ3) is 3.66. The minimum atomic E-state index is -0.426. The van der Waals surface area contributed by atoms with E-state index in [4.69, 9.17) is 16.8 Å². The van der Waals surface area contributed by atoms with Crippen molar-refractivity contribution in [3.8, 4) is 6.07 Å². The minimum absolute atomic E-state index is 0.0614. The number of amides is 1. The van der Waals surface area contributed by atoms with Gasteiger partial charge in [-0.15, -0.1) is 5.10 Å². The molecule has 0 aliphatic carbocycles. The number of nitrogens with one attached hydrogen (secondary N) is 1. The molecule has 29 heavy (non-hydrogen) atoms. The number of carbonyl (C=O) groups excluding carboxylic acids is 1. The molecule has 1 fully saturated rings. The van der Waals surface area contributed by atoms with Crippen LogP contribution in [0.4, 0.5) is 17.2 Å². The minimum Gasteiger partial charge on any atom is -0.381 e. The highest BCUT2D eigenvalue weighted by Crippen LogP contribution is 2.27. The number of rotatable bonds is 4. The Morgan fingerprint density at radius 3 is 2.83 bits per heavy atom. The Labute approximate surface area is 166 Å². The highest BCUT2D eigenvalue weighted by molar-refractivity contribution is 6.12. The lowest BCUT2D eigenvalue weighted by Crippen LogP contribution is -2.49. The van der Waals surface area contributed by atoms with E-state index >= 15 is 0 Å². The third-order valence-electron chi connectivity index (χ3n) is 4.76. The molecule has 0 atom stereocenters. The van der Waals surface area contributed by atoms with E-state index in [2.05, 4.69) is 31.4 Å². The van der Waals surface area contributed by atoms with Gasteiger partial charge in [-0.2, -0.15) is 5.26 Å². The van der Waals surface area contributed by atoms with E-state index in [0.29, 0.717) is 16.9 Å². The average Bonchev–Trinajstić information content (AvgIpc) is 3.04. The maximum Gasteiger partial charge on any atom is 0.263 e. The zero-order chi connectivity index (χ0) is 20.4. The second kappa shape index (κ2) is 7.70. The molecular formula is C18H20N10O. The third-order valence-corrected chi connectivity index (χ3v) is 4.76. The average molecular weight is 392 g/mol. The topological polar surface area (TPSA) is 154 Å². The van der Waals surface area contributed by atoms with Gasteiger partial charge in [-0.05, 0) is 6.07 Å². The molecule has 1 amide bonds. The summed E-state index contributed by atoms with van der Waals surface area (Å²) in [7, 11) is 0. The van der Waals surface area contributed by atoms with Crippen LogP contribution in [-0.4, -0.2) is 56.7 Å². The van der Waals surface area contributed by atoms with Crippen LogP contribution >= 0.6 is 0 Å².